The van der Waals surface area contributed by atoms with Gasteiger partial charge < -0.3 is 11.1 Å². The van der Waals surface area contributed by atoms with Gasteiger partial charge in [0.25, 0.3) is 5.91 Å². The molecule has 2 aromatic rings. The molecule has 1 amide bonds. The standard InChI is InChI=1S/C13H8Br2F2N2O/c14-7-2-1-3-9(16)12(7)19-13(20)6-4-11(18)10(17)5-8(6)15/h1-5H,18H2,(H,19,20). The first-order chi connectivity index (χ1) is 9.40. The quantitative estimate of drug-likeness (QED) is 0.731. The van der Waals surface area contributed by atoms with Gasteiger partial charge in [-0.15, -0.1) is 0 Å². The molecule has 7 heteroatoms. The van der Waals surface area contributed by atoms with E-state index in [1.807, 2.05) is 0 Å². The zero-order valence-electron chi connectivity index (χ0n) is 9.88. The summed E-state index contributed by atoms with van der Waals surface area (Å²) in [5, 5.41) is 2.41. The van der Waals surface area contributed by atoms with Crippen LogP contribution in [0.4, 0.5) is 20.2 Å². The summed E-state index contributed by atoms with van der Waals surface area (Å²) in [6, 6.07) is 6.58. The zero-order chi connectivity index (χ0) is 14.9. The maximum atomic E-state index is 13.6. The van der Waals surface area contributed by atoms with Crippen LogP contribution in [0.1, 0.15) is 10.4 Å². The van der Waals surface area contributed by atoms with Gasteiger partial charge in [-0.1, -0.05) is 6.07 Å². The van der Waals surface area contributed by atoms with Crippen LogP contribution in [0.5, 0.6) is 0 Å². The number of amides is 1. The summed E-state index contributed by atoms with van der Waals surface area (Å²) in [6.45, 7) is 0. The molecule has 3 N–H and O–H groups in total. The summed E-state index contributed by atoms with van der Waals surface area (Å²) in [5.74, 6) is -1.83. The first kappa shape index (κ1) is 14.9. The number of carbonyl (C=O) groups excluding carboxylic acids is 1. The third-order valence-electron chi connectivity index (χ3n) is 2.53. The number of carbonyl (C=O) groups is 1. The fraction of sp³-hybridized carbons (Fsp3) is 0. The third-order valence-corrected chi connectivity index (χ3v) is 3.85. The molecule has 0 aliphatic heterocycles. The molecule has 0 aromatic heterocycles. The van der Waals surface area contributed by atoms with Gasteiger partial charge in [0.2, 0.25) is 0 Å². The van der Waals surface area contributed by atoms with Crippen molar-refractivity contribution in [1.29, 1.82) is 0 Å². The molecule has 0 aliphatic carbocycles. The molecule has 0 unspecified atom stereocenters. The van der Waals surface area contributed by atoms with E-state index in [2.05, 4.69) is 37.2 Å². The Morgan fingerprint density at radius 2 is 1.80 bits per heavy atom. The van der Waals surface area contributed by atoms with Gasteiger partial charge in [0.05, 0.1) is 16.9 Å². The minimum absolute atomic E-state index is 0.00676. The molecule has 0 saturated heterocycles. The highest BCUT2D eigenvalue weighted by Crippen LogP contribution is 2.28. The average Bonchev–Trinajstić information content (AvgIpc) is 2.38. The van der Waals surface area contributed by atoms with Crippen molar-refractivity contribution in [3.63, 3.8) is 0 Å². The highest BCUT2D eigenvalue weighted by atomic mass is 79.9. The molecule has 0 radical (unpaired) electrons. The highest BCUT2D eigenvalue weighted by molar-refractivity contribution is 9.11. The molecule has 104 valence electrons. The van der Waals surface area contributed by atoms with Gasteiger partial charge >= 0.3 is 0 Å². The van der Waals surface area contributed by atoms with Crippen LogP contribution >= 0.6 is 31.9 Å². The molecular weight excluding hydrogens is 398 g/mol. The van der Waals surface area contributed by atoms with E-state index in [1.165, 1.54) is 18.2 Å². The van der Waals surface area contributed by atoms with Crippen LogP contribution in [0.15, 0.2) is 39.3 Å². The van der Waals surface area contributed by atoms with Crippen LogP contribution in [0.25, 0.3) is 0 Å². The second kappa shape index (κ2) is 5.88. The van der Waals surface area contributed by atoms with Crippen molar-refractivity contribution in [2.24, 2.45) is 0 Å². The molecule has 20 heavy (non-hydrogen) atoms. The first-order valence-corrected chi connectivity index (χ1v) is 6.98. The van der Waals surface area contributed by atoms with E-state index in [4.69, 9.17) is 5.73 Å². The lowest BCUT2D eigenvalue weighted by molar-refractivity contribution is 0.102. The van der Waals surface area contributed by atoms with Crippen LogP contribution in [0.2, 0.25) is 0 Å². The minimum atomic E-state index is -0.638. The molecule has 0 fully saturated rings. The zero-order valence-corrected chi connectivity index (χ0v) is 13.1. The SMILES string of the molecule is Nc1cc(C(=O)Nc2c(F)cccc2Br)c(Br)cc1F. The summed E-state index contributed by atoms with van der Waals surface area (Å²) < 4.78 is 27.5. The maximum Gasteiger partial charge on any atom is 0.256 e. The number of hydrogen-bond acceptors (Lipinski definition) is 2. The largest absolute Gasteiger partial charge is 0.396 e. The van der Waals surface area contributed by atoms with Gasteiger partial charge in [-0.05, 0) is 56.1 Å². The van der Waals surface area contributed by atoms with Crippen molar-refractivity contribution >= 4 is 49.1 Å². The van der Waals surface area contributed by atoms with Gasteiger partial charge in [-0.3, -0.25) is 4.79 Å². The molecule has 0 aliphatic rings. The Morgan fingerprint density at radius 1 is 1.10 bits per heavy atom. The lowest BCUT2D eigenvalue weighted by Crippen LogP contribution is -2.15. The topological polar surface area (TPSA) is 55.1 Å². The molecule has 2 rings (SSSR count). The second-order valence-corrected chi connectivity index (χ2v) is 5.61. The summed E-state index contributed by atoms with van der Waals surface area (Å²) in [7, 11) is 0. The van der Waals surface area contributed by atoms with E-state index in [1.54, 1.807) is 6.07 Å². The number of nitrogens with two attached hydrogens (primary N) is 1. The van der Waals surface area contributed by atoms with Crippen LogP contribution < -0.4 is 11.1 Å². The average molecular weight is 406 g/mol. The molecule has 0 saturated carbocycles. The van der Waals surface area contributed by atoms with Crippen molar-refractivity contribution in [2.75, 3.05) is 11.1 Å². The molecule has 0 heterocycles. The van der Waals surface area contributed by atoms with Gasteiger partial charge in [0, 0.05) is 8.95 Å². The van der Waals surface area contributed by atoms with Crippen molar-refractivity contribution in [3.8, 4) is 0 Å². The van der Waals surface area contributed by atoms with Gasteiger partial charge in [-0.25, -0.2) is 8.78 Å². The number of para-hydroxylation sites is 1. The van der Waals surface area contributed by atoms with E-state index in [0.29, 0.717) is 4.47 Å². The Kier molecular flexibility index (Phi) is 4.39. The summed E-state index contributed by atoms with van der Waals surface area (Å²) in [5.41, 5.74) is 5.38. The molecule has 0 spiro atoms. The number of nitrogens with one attached hydrogen (secondary N) is 1. The molecule has 3 nitrogen and oxygen atoms in total. The fourth-order valence-corrected chi connectivity index (χ4v) is 2.47. The van der Waals surface area contributed by atoms with Crippen molar-refractivity contribution in [1.82, 2.24) is 0 Å². The van der Waals surface area contributed by atoms with Crippen molar-refractivity contribution < 1.29 is 13.6 Å². The van der Waals surface area contributed by atoms with Crippen LogP contribution in [-0.2, 0) is 0 Å². The van der Waals surface area contributed by atoms with Crippen LogP contribution in [-0.4, -0.2) is 5.91 Å². The normalized spacial score (nSPS) is 10.4. The predicted molar refractivity (Wildman–Crippen MR) is 80.6 cm³/mol. The Balaban J connectivity index is 2.36. The summed E-state index contributed by atoms with van der Waals surface area (Å²) in [4.78, 5) is 12.1. The van der Waals surface area contributed by atoms with E-state index in [-0.39, 0.29) is 21.4 Å². The Bertz CT molecular complexity index is 672. The van der Waals surface area contributed by atoms with E-state index in [0.717, 1.165) is 6.07 Å². The fourth-order valence-electron chi connectivity index (χ4n) is 1.54. The van der Waals surface area contributed by atoms with Crippen molar-refractivity contribution in [2.45, 2.75) is 0 Å². The van der Waals surface area contributed by atoms with Gasteiger partial charge in [0.15, 0.2) is 0 Å². The summed E-state index contributed by atoms with van der Waals surface area (Å²) in [6.07, 6.45) is 0. The number of benzene rings is 2. The number of hydrogen-bond donors (Lipinski definition) is 2. The predicted octanol–water partition coefficient (Wildman–Crippen LogP) is 4.32. The third kappa shape index (κ3) is 2.99. The van der Waals surface area contributed by atoms with Crippen LogP contribution in [0.3, 0.4) is 0 Å². The number of anilines is 2. The molecule has 0 atom stereocenters. The lowest BCUT2D eigenvalue weighted by Gasteiger charge is -2.10. The highest BCUT2D eigenvalue weighted by Gasteiger charge is 2.16. The van der Waals surface area contributed by atoms with E-state index >= 15 is 0 Å². The molecular formula is C13H8Br2F2N2O. The maximum absolute atomic E-state index is 13.6. The molecule has 2 aromatic carbocycles. The summed E-state index contributed by atoms with van der Waals surface area (Å²) >= 11 is 6.21. The minimum Gasteiger partial charge on any atom is -0.396 e. The Labute approximate surface area is 130 Å². The second-order valence-electron chi connectivity index (χ2n) is 3.90. The smallest absolute Gasteiger partial charge is 0.256 e. The number of nitrogen functional groups attached to an aromatic ring is 1. The Morgan fingerprint density at radius 3 is 2.45 bits per heavy atom. The monoisotopic (exact) mass is 404 g/mol. The Hall–Kier alpha value is -1.47. The molecule has 0 bridgehead atoms. The van der Waals surface area contributed by atoms with Gasteiger partial charge in [-0.2, -0.15) is 0 Å². The van der Waals surface area contributed by atoms with E-state index in [9.17, 15) is 13.6 Å². The number of halogens is 4. The lowest BCUT2D eigenvalue weighted by atomic mass is 10.1. The first-order valence-electron chi connectivity index (χ1n) is 5.40. The van der Waals surface area contributed by atoms with Crippen LogP contribution in [0, 0.1) is 11.6 Å². The van der Waals surface area contributed by atoms with Gasteiger partial charge in [0.1, 0.15) is 11.6 Å². The van der Waals surface area contributed by atoms with Crippen molar-refractivity contribution in [3.05, 3.63) is 56.5 Å². The van der Waals surface area contributed by atoms with E-state index < -0.39 is 17.5 Å². The number of rotatable bonds is 2.